The van der Waals surface area contributed by atoms with Crippen molar-refractivity contribution in [2.75, 3.05) is 13.1 Å². The fourth-order valence-corrected chi connectivity index (χ4v) is 1.82. The Morgan fingerprint density at radius 2 is 2.07 bits per heavy atom. The van der Waals surface area contributed by atoms with Crippen molar-refractivity contribution in [1.29, 1.82) is 0 Å². The summed E-state index contributed by atoms with van der Waals surface area (Å²) in [5.41, 5.74) is -0.363. The molecule has 1 fully saturated rings. The summed E-state index contributed by atoms with van der Waals surface area (Å²) >= 11 is 0. The molecule has 3 heteroatoms. The van der Waals surface area contributed by atoms with Gasteiger partial charge in [-0.05, 0) is 33.2 Å². The summed E-state index contributed by atoms with van der Waals surface area (Å²) in [7, 11) is 0. The van der Waals surface area contributed by atoms with Crippen LogP contribution in [0.4, 0.5) is 0 Å². The monoisotopic (exact) mass is 199 g/mol. The van der Waals surface area contributed by atoms with Crippen LogP contribution in [0.5, 0.6) is 0 Å². The zero-order valence-electron chi connectivity index (χ0n) is 9.59. The predicted molar refractivity (Wildman–Crippen MR) is 56.0 cm³/mol. The highest BCUT2D eigenvalue weighted by Crippen LogP contribution is 2.23. The third kappa shape index (κ3) is 2.98. The first-order valence-corrected chi connectivity index (χ1v) is 5.37. The maximum absolute atomic E-state index is 11.8. The van der Waals surface area contributed by atoms with Crippen molar-refractivity contribution in [2.45, 2.75) is 39.7 Å². The summed E-state index contributed by atoms with van der Waals surface area (Å²) in [6.07, 6.45) is 1.04. The Morgan fingerprint density at radius 3 is 2.57 bits per heavy atom. The molecule has 0 radical (unpaired) electrons. The first-order valence-electron chi connectivity index (χ1n) is 5.37. The molecule has 0 saturated carbocycles. The van der Waals surface area contributed by atoms with Crippen LogP contribution in [0.2, 0.25) is 0 Å². The molecule has 0 spiro atoms. The van der Waals surface area contributed by atoms with Crippen LogP contribution in [0, 0.1) is 11.8 Å². The van der Waals surface area contributed by atoms with Gasteiger partial charge in [-0.1, -0.05) is 13.3 Å². The highest BCUT2D eigenvalue weighted by molar-refractivity contribution is 5.74. The predicted octanol–water partition coefficient (Wildman–Crippen LogP) is 1.57. The molecule has 1 heterocycles. The largest absolute Gasteiger partial charge is 0.460 e. The van der Waals surface area contributed by atoms with Gasteiger partial charge >= 0.3 is 5.97 Å². The second-order valence-electron chi connectivity index (χ2n) is 4.97. The van der Waals surface area contributed by atoms with E-state index < -0.39 is 0 Å². The number of hydrogen-bond donors (Lipinski definition) is 1. The maximum atomic E-state index is 11.8. The summed E-state index contributed by atoms with van der Waals surface area (Å²) < 4.78 is 5.37. The van der Waals surface area contributed by atoms with Crippen molar-refractivity contribution in [3.05, 3.63) is 0 Å². The van der Waals surface area contributed by atoms with E-state index in [1.165, 1.54) is 0 Å². The number of hydrogen-bond acceptors (Lipinski definition) is 3. The lowest BCUT2D eigenvalue weighted by Crippen LogP contribution is -2.32. The number of nitrogens with one attached hydrogen (secondary N) is 1. The Morgan fingerprint density at radius 1 is 1.43 bits per heavy atom. The van der Waals surface area contributed by atoms with E-state index in [4.69, 9.17) is 4.74 Å². The van der Waals surface area contributed by atoms with Gasteiger partial charge in [0.25, 0.3) is 0 Å². The summed E-state index contributed by atoms with van der Waals surface area (Å²) in [6.45, 7) is 9.57. The summed E-state index contributed by atoms with van der Waals surface area (Å²) in [6, 6.07) is 0. The fraction of sp³-hybridized carbons (Fsp3) is 0.909. The van der Waals surface area contributed by atoms with Crippen LogP contribution in [0.3, 0.4) is 0 Å². The van der Waals surface area contributed by atoms with E-state index in [0.717, 1.165) is 19.5 Å². The average Bonchev–Trinajstić information content (AvgIpc) is 2.47. The Hall–Kier alpha value is -0.570. The molecule has 1 rings (SSSR count). The lowest BCUT2D eigenvalue weighted by Gasteiger charge is -2.23. The van der Waals surface area contributed by atoms with E-state index in [2.05, 4.69) is 12.2 Å². The van der Waals surface area contributed by atoms with Crippen molar-refractivity contribution >= 4 is 5.97 Å². The average molecular weight is 199 g/mol. The Labute approximate surface area is 86.2 Å². The molecule has 1 saturated heterocycles. The molecule has 0 amide bonds. The molecule has 1 N–H and O–H groups in total. The van der Waals surface area contributed by atoms with Crippen LogP contribution >= 0.6 is 0 Å². The number of ether oxygens (including phenoxy) is 1. The van der Waals surface area contributed by atoms with Crippen molar-refractivity contribution < 1.29 is 9.53 Å². The van der Waals surface area contributed by atoms with Crippen LogP contribution in [-0.4, -0.2) is 24.7 Å². The van der Waals surface area contributed by atoms with Crippen molar-refractivity contribution in [2.24, 2.45) is 11.8 Å². The minimum Gasteiger partial charge on any atom is -0.460 e. The van der Waals surface area contributed by atoms with E-state index in [-0.39, 0.29) is 17.5 Å². The van der Waals surface area contributed by atoms with Gasteiger partial charge in [-0.15, -0.1) is 0 Å². The number of carbonyl (C=O) groups is 1. The van der Waals surface area contributed by atoms with E-state index in [0.29, 0.717) is 5.92 Å². The molecule has 0 aliphatic carbocycles. The third-order valence-electron chi connectivity index (χ3n) is 2.57. The molecular formula is C11H21NO2. The summed E-state index contributed by atoms with van der Waals surface area (Å²) in [5, 5.41) is 3.24. The van der Waals surface area contributed by atoms with Crippen LogP contribution < -0.4 is 5.32 Å². The normalized spacial score (nSPS) is 27.7. The minimum atomic E-state index is -0.363. The van der Waals surface area contributed by atoms with E-state index in [9.17, 15) is 4.79 Å². The molecule has 2 atom stereocenters. The van der Waals surface area contributed by atoms with Gasteiger partial charge in [-0.25, -0.2) is 0 Å². The number of esters is 1. The van der Waals surface area contributed by atoms with Gasteiger partial charge < -0.3 is 10.1 Å². The second kappa shape index (κ2) is 4.30. The summed E-state index contributed by atoms with van der Waals surface area (Å²) in [5.74, 6) is 0.457. The Kier molecular flexibility index (Phi) is 3.53. The standard InChI is InChI=1S/C11H21NO2/c1-5-8-6-12-7-9(8)10(13)14-11(2,3)4/h8-9,12H,5-7H2,1-4H3/t8-,9-/m1/s1. The van der Waals surface area contributed by atoms with Gasteiger partial charge in [0.2, 0.25) is 0 Å². The Balaban J connectivity index is 2.52. The molecular weight excluding hydrogens is 178 g/mol. The highest BCUT2D eigenvalue weighted by Gasteiger charge is 2.34. The van der Waals surface area contributed by atoms with Gasteiger partial charge in [-0.2, -0.15) is 0 Å². The van der Waals surface area contributed by atoms with E-state index in [1.54, 1.807) is 0 Å². The van der Waals surface area contributed by atoms with Gasteiger partial charge in [0.1, 0.15) is 5.60 Å². The van der Waals surface area contributed by atoms with Gasteiger partial charge in [0.05, 0.1) is 5.92 Å². The number of carbonyl (C=O) groups excluding carboxylic acids is 1. The fourth-order valence-electron chi connectivity index (χ4n) is 1.82. The van der Waals surface area contributed by atoms with Crippen LogP contribution in [-0.2, 0) is 9.53 Å². The number of rotatable bonds is 2. The first-order chi connectivity index (χ1) is 6.44. The molecule has 0 aromatic rings. The van der Waals surface area contributed by atoms with E-state index in [1.807, 2.05) is 20.8 Å². The van der Waals surface area contributed by atoms with Crippen LogP contribution in [0.15, 0.2) is 0 Å². The van der Waals surface area contributed by atoms with Crippen LogP contribution in [0.25, 0.3) is 0 Å². The maximum Gasteiger partial charge on any atom is 0.311 e. The smallest absolute Gasteiger partial charge is 0.311 e. The topological polar surface area (TPSA) is 38.3 Å². The van der Waals surface area contributed by atoms with E-state index >= 15 is 0 Å². The SMILES string of the molecule is CC[C@@H]1CNC[C@H]1C(=O)OC(C)(C)C. The molecule has 14 heavy (non-hydrogen) atoms. The van der Waals surface area contributed by atoms with Gasteiger partial charge in [0, 0.05) is 6.54 Å². The van der Waals surface area contributed by atoms with Gasteiger partial charge in [0.15, 0.2) is 0 Å². The van der Waals surface area contributed by atoms with Crippen molar-refractivity contribution in [3.8, 4) is 0 Å². The van der Waals surface area contributed by atoms with Crippen molar-refractivity contribution in [3.63, 3.8) is 0 Å². The second-order valence-corrected chi connectivity index (χ2v) is 4.97. The van der Waals surface area contributed by atoms with Gasteiger partial charge in [-0.3, -0.25) is 4.79 Å². The first kappa shape index (κ1) is 11.5. The zero-order valence-corrected chi connectivity index (χ0v) is 9.59. The molecule has 0 bridgehead atoms. The van der Waals surface area contributed by atoms with Crippen molar-refractivity contribution in [1.82, 2.24) is 5.32 Å². The molecule has 3 nitrogen and oxygen atoms in total. The Bertz CT molecular complexity index is 208. The molecule has 1 aliphatic heterocycles. The van der Waals surface area contributed by atoms with Crippen LogP contribution in [0.1, 0.15) is 34.1 Å². The quantitative estimate of drug-likeness (QED) is 0.686. The lowest BCUT2D eigenvalue weighted by molar-refractivity contribution is -0.160. The minimum absolute atomic E-state index is 0.0469. The molecule has 1 aliphatic rings. The highest BCUT2D eigenvalue weighted by atomic mass is 16.6. The molecule has 0 aromatic carbocycles. The molecule has 0 aromatic heterocycles. The summed E-state index contributed by atoms with van der Waals surface area (Å²) in [4.78, 5) is 11.8. The molecule has 82 valence electrons. The lowest BCUT2D eigenvalue weighted by atomic mass is 9.93. The molecule has 0 unspecified atom stereocenters. The third-order valence-corrected chi connectivity index (χ3v) is 2.57. The zero-order chi connectivity index (χ0) is 10.8.